The van der Waals surface area contributed by atoms with Crippen molar-refractivity contribution in [2.45, 2.75) is 51.5 Å². The van der Waals surface area contributed by atoms with Crippen LogP contribution >= 0.6 is 27.5 Å². The van der Waals surface area contributed by atoms with Gasteiger partial charge in [-0.2, -0.15) is 0 Å². The van der Waals surface area contributed by atoms with Crippen LogP contribution in [-0.4, -0.2) is 38.3 Å². The molecule has 1 amide bonds. The molecular weight excluding hydrogens is 380 g/mol. The average Bonchev–Trinajstić information content (AvgIpc) is 3.15. The lowest BCUT2D eigenvalue weighted by molar-refractivity contribution is 0.0726. The summed E-state index contributed by atoms with van der Waals surface area (Å²) in [5, 5.41) is 0.344. The van der Waals surface area contributed by atoms with Gasteiger partial charge in [0, 0.05) is 19.0 Å². The van der Waals surface area contributed by atoms with E-state index in [1.807, 2.05) is 30.2 Å². The highest BCUT2D eigenvalue weighted by Gasteiger charge is 2.28. The van der Waals surface area contributed by atoms with Crippen LogP contribution in [0.25, 0.3) is 5.52 Å². The second-order valence-corrected chi connectivity index (χ2v) is 7.50. The highest BCUT2D eigenvalue weighted by Crippen LogP contribution is 2.30. The first kappa shape index (κ1) is 16.7. The van der Waals surface area contributed by atoms with Gasteiger partial charge in [0.25, 0.3) is 5.91 Å². The lowest BCUT2D eigenvalue weighted by Crippen LogP contribution is -2.36. The molecule has 2 aromatic rings. The molecule has 0 aromatic carbocycles. The average molecular weight is 400 g/mol. The zero-order valence-corrected chi connectivity index (χ0v) is 15.9. The number of carbonyl (C=O) groups is 1. The molecule has 2 aromatic heterocycles. The Morgan fingerprint density at radius 1 is 1.43 bits per heavy atom. The summed E-state index contributed by atoms with van der Waals surface area (Å²) in [5.74, 6) is 0.938. The van der Waals surface area contributed by atoms with E-state index < -0.39 is 0 Å². The molecule has 3 rings (SSSR count). The summed E-state index contributed by atoms with van der Waals surface area (Å²) in [6.45, 7) is 4.09. The Morgan fingerprint density at radius 3 is 2.70 bits per heavy atom. The monoisotopic (exact) mass is 398 g/mol. The molecule has 0 spiro atoms. The third-order valence-corrected chi connectivity index (χ3v) is 5.36. The normalized spacial score (nSPS) is 15.7. The number of carbonyl (C=O) groups excluding carboxylic acids is 1. The van der Waals surface area contributed by atoms with Crippen LogP contribution in [0, 0.1) is 0 Å². The summed E-state index contributed by atoms with van der Waals surface area (Å²) in [5.41, 5.74) is 1.17. The summed E-state index contributed by atoms with van der Waals surface area (Å²) >= 11 is 9.68. The van der Waals surface area contributed by atoms with E-state index in [4.69, 9.17) is 11.6 Å². The number of hydrogen-bond acceptors (Lipinski definition) is 3. The van der Waals surface area contributed by atoms with E-state index in [0.29, 0.717) is 27.0 Å². The molecule has 124 valence electrons. The number of nitrogens with zero attached hydrogens (tertiary/aromatic N) is 4. The van der Waals surface area contributed by atoms with Crippen LogP contribution in [-0.2, 0) is 0 Å². The first-order chi connectivity index (χ1) is 10.9. The molecule has 7 heteroatoms. The summed E-state index contributed by atoms with van der Waals surface area (Å²) in [7, 11) is 1.87. The fourth-order valence-electron chi connectivity index (χ4n) is 3.24. The van der Waals surface area contributed by atoms with Crippen molar-refractivity contribution in [1.82, 2.24) is 19.3 Å². The second-order valence-electron chi connectivity index (χ2n) is 6.39. The van der Waals surface area contributed by atoms with Crippen molar-refractivity contribution in [2.75, 3.05) is 7.05 Å². The molecule has 23 heavy (non-hydrogen) atoms. The van der Waals surface area contributed by atoms with Gasteiger partial charge in [-0.25, -0.2) is 9.97 Å². The minimum Gasteiger partial charge on any atom is -0.337 e. The van der Waals surface area contributed by atoms with Crippen molar-refractivity contribution < 1.29 is 4.79 Å². The SMILES string of the molecule is CC(C)c1nc(Br)c2c(Cl)ncc(C(=O)N(C)C3CCCC3)n12. The number of amides is 1. The van der Waals surface area contributed by atoms with Crippen molar-refractivity contribution in [3.05, 3.63) is 27.5 Å². The number of rotatable bonds is 3. The highest BCUT2D eigenvalue weighted by atomic mass is 79.9. The Morgan fingerprint density at radius 2 is 2.09 bits per heavy atom. The van der Waals surface area contributed by atoms with Gasteiger partial charge in [-0.3, -0.25) is 9.20 Å². The van der Waals surface area contributed by atoms with Gasteiger partial charge in [0.05, 0.1) is 6.20 Å². The fourth-order valence-corrected chi connectivity index (χ4v) is 4.13. The Bertz CT molecular complexity index is 752. The molecule has 0 unspecified atom stereocenters. The summed E-state index contributed by atoms with van der Waals surface area (Å²) in [6.07, 6.45) is 6.06. The van der Waals surface area contributed by atoms with Crippen LogP contribution in [0.4, 0.5) is 0 Å². The zero-order valence-electron chi connectivity index (χ0n) is 13.5. The largest absolute Gasteiger partial charge is 0.337 e. The number of halogens is 2. The zero-order chi connectivity index (χ0) is 16.7. The van der Waals surface area contributed by atoms with Gasteiger partial charge in [-0.15, -0.1) is 0 Å². The van der Waals surface area contributed by atoms with Crippen LogP contribution in [0.2, 0.25) is 5.15 Å². The highest BCUT2D eigenvalue weighted by molar-refractivity contribution is 9.10. The molecule has 2 heterocycles. The van der Waals surface area contributed by atoms with Gasteiger partial charge >= 0.3 is 0 Å². The molecule has 5 nitrogen and oxygen atoms in total. The maximum atomic E-state index is 13.0. The molecule has 0 N–H and O–H groups in total. The molecule has 0 saturated heterocycles. The Hall–Kier alpha value is -1.14. The van der Waals surface area contributed by atoms with Crippen LogP contribution < -0.4 is 0 Å². The van der Waals surface area contributed by atoms with Gasteiger partial charge in [0.1, 0.15) is 21.6 Å². The van der Waals surface area contributed by atoms with Gasteiger partial charge in [0.2, 0.25) is 0 Å². The smallest absolute Gasteiger partial charge is 0.272 e. The Labute approximate surface area is 149 Å². The minimum atomic E-state index is -0.0298. The lowest BCUT2D eigenvalue weighted by atomic mass is 10.2. The van der Waals surface area contributed by atoms with Crippen molar-refractivity contribution in [2.24, 2.45) is 0 Å². The number of hydrogen-bond donors (Lipinski definition) is 0. The lowest BCUT2D eigenvalue weighted by Gasteiger charge is -2.25. The van der Waals surface area contributed by atoms with Crippen molar-refractivity contribution in [3.8, 4) is 0 Å². The van der Waals surface area contributed by atoms with E-state index in [1.165, 1.54) is 12.8 Å². The molecule has 1 saturated carbocycles. The number of fused-ring (bicyclic) bond motifs is 1. The van der Waals surface area contributed by atoms with E-state index in [9.17, 15) is 4.79 Å². The molecule has 0 radical (unpaired) electrons. The topological polar surface area (TPSA) is 50.5 Å². The van der Waals surface area contributed by atoms with Crippen LogP contribution in [0.3, 0.4) is 0 Å². The maximum Gasteiger partial charge on any atom is 0.272 e. The van der Waals surface area contributed by atoms with Crippen LogP contribution in [0.15, 0.2) is 10.8 Å². The minimum absolute atomic E-state index is 0.0298. The number of imidazole rings is 1. The van der Waals surface area contributed by atoms with E-state index in [-0.39, 0.29) is 11.8 Å². The van der Waals surface area contributed by atoms with Crippen molar-refractivity contribution in [3.63, 3.8) is 0 Å². The molecule has 1 aliphatic carbocycles. The van der Waals surface area contributed by atoms with E-state index in [1.54, 1.807) is 6.20 Å². The molecule has 0 atom stereocenters. The quantitative estimate of drug-likeness (QED) is 0.774. The van der Waals surface area contributed by atoms with Crippen molar-refractivity contribution in [1.29, 1.82) is 0 Å². The molecule has 1 aliphatic rings. The fraction of sp³-hybridized carbons (Fsp3) is 0.562. The van der Waals surface area contributed by atoms with Crippen LogP contribution in [0.5, 0.6) is 0 Å². The van der Waals surface area contributed by atoms with Crippen LogP contribution in [0.1, 0.15) is 61.8 Å². The van der Waals surface area contributed by atoms with E-state index >= 15 is 0 Å². The molecule has 1 fully saturated rings. The van der Waals surface area contributed by atoms with E-state index in [0.717, 1.165) is 18.7 Å². The Kier molecular flexibility index (Phi) is 4.65. The van der Waals surface area contributed by atoms with Gasteiger partial charge in [-0.05, 0) is 28.8 Å². The van der Waals surface area contributed by atoms with E-state index in [2.05, 4.69) is 25.9 Å². The van der Waals surface area contributed by atoms with Gasteiger partial charge in [-0.1, -0.05) is 38.3 Å². The Balaban J connectivity index is 2.13. The first-order valence-corrected chi connectivity index (χ1v) is 9.08. The summed E-state index contributed by atoms with van der Waals surface area (Å²) < 4.78 is 2.47. The molecular formula is C16H20BrClN4O. The molecule has 0 bridgehead atoms. The standard InChI is InChI=1S/C16H20BrClN4O/c1-9(2)15-20-13(17)12-14(18)19-8-11(22(12)15)16(23)21(3)10-6-4-5-7-10/h8-10H,4-7H2,1-3H3. The maximum absolute atomic E-state index is 13.0. The van der Waals surface area contributed by atoms with Gasteiger partial charge in [0.15, 0.2) is 5.15 Å². The summed E-state index contributed by atoms with van der Waals surface area (Å²) in [4.78, 5) is 23.6. The predicted octanol–water partition coefficient (Wildman–Crippen LogP) is 4.28. The third kappa shape index (κ3) is 2.87. The second kappa shape index (κ2) is 6.40. The first-order valence-electron chi connectivity index (χ1n) is 7.91. The predicted molar refractivity (Wildman–Crippen MR) is 94.1 cm³/mol. The third-order valence-electron chi connectivity index (χ3n) is 4.53. The molecule has 0 aliphatic heterocycles. The summed E-state index contributed by atoms with van der Waals surface area (Å²) in [6, 6.07) is 0.308. The van der Waals surface area contributed by atoms with Gasteiger partial charge < -0.3 is 4.90 Å². The van der Waals surface area contributed by atoms with Crippen molar-refractivity contribution >= 4 is 39.0 Å². The number of aromatic nitrogens is 3.